The second-order valence-electron chi connectivity index (χ2n) is 2.86. The van der Waals surface area contributed by atoms with Crippen molar-refractivity contribution in [3.8, 4) is 0 Å². The van der Waals surface area contributed by atoms with Gasteiger partial charge in [0.2, 0.25) is 0 Å². The summed E-state index contributed by atoms with van der Waals surface area (Å²) in [5, 5.41) is 0. The zero-order valence-electron chi connectivity index (χ0n) is 11.4. The van der Waals surface area contributed by atoms with E-state index in [4.69, 9.17) is 5.48 Å². The maximum Gasteiger partial charge on any atom is 0.332 e. The van der Waals surface area contributed by atoms with Gasteiger partial charge >= 0.3 is 5.69 Å². The highest BCUT2D eigenvalue weighted by Gasteiger charge is 2.11. The largest absolute Gasteiger partial charge is 0.332 e. The molecule has 2 rings (SSSR count). The fourth-order valence-electron chi connectivity index (χ4n) is 1.27. The number of hydrogen-bond acceptors (Lipinski definition) is 3. The highest BCUT2D eigenvalue weighted by molar-refractivity contribution is 5.69. The Morgan fingerprint density at radius 1 is 1.43 bits per heavy atom. The number of aryl methyl sites for hydroxylation is 2. The standard InChI is InChI=1S/C8H10N4O2/c1-10-4-9-6-5(10)7(13)12(3)8(14)11(6)2/h4H,1-3H3/i1D3,3D. The Bertz CT molecular complexity index is 723. The second-order valence-corrected chi connectivity index (χ2v) is 2.86. The number of fused-ring (bicyclic) bond motifs is 1. The molecule has 0 spiro atoms. The molecule has 2 aromatic rings. The molecular weight excluding hydrogens is 184 g/mol. The molecule has 0 unspecified atom stereocenters. The summed E-state index contributed by atoms with van der Waals surface area (Å²) in [5.74, 6) is 0. The van der Waals surface area contributed by atoms with Crippen LogP contribution in [0.25, 0.3) is 11.2 Å². The number of hydrogen-bond donors (Lipinski definition) is 0. The van der Waals surface area contributed by atoms with Crippen LogP contribution in [0.1, 0.15) is 5.48 Å². The first kappa shape index (κ1) is 5.14. The zero-order valence-corrected chi connectivity index (χ0v) is 7.39. The molecule has 14 heavy (non-hydrogen) atoms. The molecule has 74 valence electrons. The van der Waals surface area contributed by atoms with Crippen LogP contribution < -0.4 is 11.2 Å². The van der Waals surface area contributed by atoms with Crippen molar-refractivity contribution < 1.29 is 5.48 Å². The first-order valence-electron chi connectivity index (χ1n) is 5.96. The Kier molecular flexibility index (Phi) is 0.942. The van der Waals surface area contributed by atoms with Crippen molar-refractivity contribution in [2.45, 2.75) is 0 Å². The average Bonchev–Trinajstić information content (AvgIpc) is 2.71. The Labute approximate surface area is 84.6 Å². The summed E-state index contributed by atoms with van der Waals surface area (Å²) in [5.41, 5.74) is -1.73. The summed E-state index contributed by atoms with van der Waals surface area (Å²) >= 11 is 0. The van der Waals surface area contributed by atoms with Crippen molar-refractivity contribution >= 4 is 11.2 Å². The minimum Gasteiger partial charge on any atom is -0.328 e. The summed E-state index contributed by atoms with van der Waals surface area (Å²) in [7, 11) is 0.792. The maximum absolute atomic E-state index is 12.0. The molecule has 6 nitrogen and oxygen atoms in total. The van der Waals surface area contributed by atoms with E-state index in [1.807, 2.05) is 0 Å². The lowest BCUT2D eigenvalue weighted by Gasteiger charge is -2.02. The molecule has 0 atom stereocenters. The van der Waals surface area contributed by atoms with Gasteiger partial charge in [0.1, 0.15) is 0 Å². The summed E-state index contributed by atoms with van der Waals surface area (Å²) in [6.45, 7) is -2.56. The Hall–Kier alpha value is -1.85. The van der Waals surface area contributed by atoms with Crippen LogP contribution in [0.5, 0.6) is 0 Å². The third-order valence-corrected chi connectivity index (χ3v) is 2.03. The van der Waals surface area contributed by atoms with Crippen LogP contribution >= 0.6 is 0 Å². The Morgan fingerprint density at radius 3 is 2.86 bits per heavy atom. The molecule has 0 amide bonds. The number of nitrogens with zero attached hydrogens (tertiary/aromatic N) is 4. The first-order valence-corrected chi connectivity index (χ1v) is 3.75. The fraction of sp³-hybridized carbons (Fsp3) is 0.375. The van der Waals surface area contributed by atoms with E-state index >= 15 is 0 Å². The van der Waals surface area contributed by atoms with E-state index in [1.165, 1.54) is 7.05 Å². The topological polar surface area (TPSA) is 61.8 Å². The molecule has 2 aromatic heterocycles. The van der Waals surface area contributed by atoms with E-state index in [0.29, 0.717) is 4.57 Å². The molecule has 0 bridgehead atoms. The van der Waals surface area contributed by atoms with Gasteiger partial charge in [0.05, 0.1) is 6.33 Å². The lowest BCUT2D eigenvalue weighted by molar-refractivity contribution is 0.705. The van der Waals surface area contributed by atoms with Crippen LogP contribution in [0.3, 0.4) is 0 Å². The molecule has 0 aliphatic carbocycles. The SMILES string of the molecule is [2H]Cn1c(=O)c2c(ncn2C([2H])([2H])[2H])n(C)c1=O. The molecule has 0 aliphatic rings. The van der Waals surface area contributed by atoms with Crippen molar-refractivity contribution in [1.29, 1.82) is 0 Å². The minimum absolute atomic E-state index is 0.00850. The van der Waals surface area contributed by atoms with E-state index in [-0.39, 0.29) is 11.2 Å². The summed E-state index contributed by atoms with van der Waals surface area (Å²) in [4.78, 5) is 27.5. The second kappa shape index (κ2) is 2.57. The van der Waals surface area contributed by atoms with Gasteiger partial charge in [0, 0.05) is 26.5 Å². The highest BCUT2D eigenvalue weighted by Crippen LogP contribution is 2.01. The molecule has 0 aliphatic heterocycles. The Balaban J connectivity index is 3.04. The van der Waals surface area contributed by atoms with Gasteiger partial charge < -0.3 is 4.57 Å². The summed E-state index contributed by atoms with van der Waals surface area (Å²) in [6, 6.07) is 0. The van der Waals surface area contributed by atoms with Gasteiger partial charge in [-0.25, -0.2) is 9.78 Å². The van der Waals surface area contributed by atoms with E-state index in [2.05, 4.69) is 4.98 Å². The third-order valence-electron chi connectivity index (χ3n) is 2.03. The number of aromatic nitrogens is 4. The van der Waals surface area contributed by atoms with Gasteiger partial charge in [0.25, 0.3) is 5.56 Å². The molecule has 6 heteroatoms. The van der Waals surface area contributed by atoms with Crippen LogP contribution in [0.15, 0.2) is 15.9 Å². The molecule has 0 fully saturated rings. The van der Waals surface area contributed by atoms with Crippen LogP contribution in [-0.4, -0.2) is 18.7 Å². The van der Waals surface area contributed by atoms with Crippen LogP contribution in [0.2, 0.25) is 0 Å². The highest BCUT2D eigenvalue weighted by atomic mass is 16.2. The van der Waals surface area contributed by atoms with E-state index in [0.717, 1.165) is 15.5 Å². The van der Waals surface area contributed by atoms with E-state index < -0.39 is 25.2 Å². The van der Waals surface area contributed by atoms with Crippen LogP contribution in [-0.2, 0) is 21.0 Å². The van der Waals surface area contributed by atoms with Gasteiger partial charge in [0.15, 0.2) is 11.2 Å². The quantitative estimate of drug-likeness (QED) is 0.544. The third kappa shape index (κ3) is 0.876. The zero-order chi connectivity index (χ0) is 13.7. The average molecular weight is 198 g/mol. The molecule has 0 saturated heterocycles. The fourth-order valence-corrected chi connectivity index (χ4v) is 1.27. The first-order chi connectivity index (χ1) is 8.29. The predicted octanol–water partition coefficient (Wildman–Crippen LogP) is -1.03. The van der Waals surface area contributed by atoms with Gasteiger partial charge in [-0.05, 0) is 0 Å². The van der Waals surface area contributed by atoms with Crippen molar-refractivity contribution in [2.24, 2.45) is 21.0 Å². The van der Waals surface area contributed by atoms with E-state index in [1.54, 1.807) is 0 Å². The van der Waals surface area contributed by atoms with Crippen molar-refractivity contribution in [1.82, 2.24) is 18.7 Å². The summed E-state index contributed by atoms with van der Waals surface area (Å²) < 4.78 is 31.5. The van der Waals surface area contributed by atoms with Crippen molar-refractivity contribution in [2.75, 3.05) is 0 Å². The van der Waals surface area contributed by atoms with E-state index in [9.17, 15) is 9.59 Å². The predicted molar refractivity (Wildman–Crippen MR) is 51.2 cm³/mol. The smallest absolute Gasteiger partial charge is 0.328 e. The van der Waals surface area contributed by atoms with Gasteiger partial charge in [-0.1, -0.05) is 0 Å². The number of rotatable bonds is 0. The lowest BCUT2D eigenvalue weighted by atomic mass is 10.5. The monoisotopic (exact) mass is 198 g/mol. The normalized spacial score (nSPS) is 16.1. The van der Waals surface area contributed by atoms with Crippen LogP contribution in [0, 0.1) is 0 Å². The molecule has 0 saturated carbocycles. The molecular formula is C8H10N4O2. The minimum atomic E-state index is -2.56. The number of imidazole rings is 1. The van der Waals surface area contributed by atoms with Crippen molar-refractivity contribution in [3.05, 3.63) is 27.2 Å². The van der Waals surface area contributed by atoms with Gasteiger partial charge in [-0.3, -0.25) is 13.9 Å². The van der Waals surface area contributed by atoms with Gasteiger partial charge in [-0.15, -0.1) is 0 Å². The van der Waals surface area contributed by atoms with Gasteiger partial charge in [-0.2, -0.15) is 0 Å². The summed E-state index contributed by atoms with van der Waals surface area (Å²) in [6.07, 6.45) is 0.993. The van der Waals surface area contributed by atoms with Crippen molar-refractivity contribution in [3.63, 3.8) is 0 Å². The van der Waals surface area contributed by atoms with Crippen LogP contribution in [0.4, 0.5) is 0 Å². The maximum atomic E-state index is 12.0. The Morgan fingerprint density at radius 2 is 2.21 bits per heavy atom. The molecule has 2 heterocycles. The molecule has 0 N–H and O–H groups in total. The molecule has 0 radical (unpaired) electrons. The molecule has 0 aromatic carbocycles. The lowest BCUT2D eigenvalue weighted by Crippen LogP contribution is -2.37.